The van der Waals surface area contributed by atoms with Crippen molar-refractivity contribution in [2.75, 3.05) is 42.5 Å². The number of para-hydroxylation sites is 1. The molecule has 6 nitrogen and oxygen atoms in total. The van der Waals surface area contributed by atoms with Crippen molar-refractivity contribution >= 4 is 17.4 Å². The van der Waals surface area contributed by atoms with Gasteiger partial charge in [-0.2, -0.15) is 0 Å². The van der Waals surface area contributed by atoms with Gasteiger partial charge < -0.3 is 14.7 Å². The first-order valence-corrected chi connectivity index (χ1v) is 11.8. The fourth-order valence-electron chi connectivity index (χ4n) is 5.57. The van der Waals surface area contributed by atoms with E-state index in [1.54, 1.807) is 19.3 Å². The van der Waals surface area contributed by atoms with Crippen LogP contribution in [0.25, 0.3) is 0 Å². The number of aromatic nitrogens is 2. The number of hydrogen-bond donors (Lipinski definition) is 0. The van der Waals surface area contributed by atoms with Gasteiger partial charge in [0, 0.05) is 56.1 Å². The Balaban J connectivity index is 0.00000112. The van der Waals surface area contributed by atoms with Crippen LogP contribution in [0.5, 0.6) is 0 Å². The zero-order valence-electron chi connectivity index (χ0n) is 19.1. The third-order valence-electron chi connectivity index (χ3n) is 7.22. The molecule has 0 aliphatic carbocycles. The van der Waals surface area contributed by atoms with Gasteiger partial charge in [0.15, 0.2) is 0 Å². The number of benzene rings is 1. The Morgan fingerprint density at radius 2 is 1.74 bits per heavy atom. The lowest BCUT2D eigenvalue weighted by atomic mass is 9.74. The molecule has 2 fully saturated rings. The molecule has 1 spiro atoms. The molecule has 166 valence electrons. The van der Waals surface area contributed by atoms with Crippen LogP contribution in [-0.4, -0.2) is 59.5 Å². The lowest BCUT2D eigenvalue weighted by Gasteiger charge is -2.45. The zero-order chi connectivity index (χ0) is 21.8. The first-order chi connectivity index (χ1) is 15.2. The first-order valence-electron chi connectivity index (χ1n) is 11.8. The standard InChI is InChI=1S/C23H29N5O.C2H6/c1-18(29)28-17-23(20-4-2-3-5-21(20)28)8-14-26(15-9-23)19-6-12-27(13-7-19)22-16-24-10-11-25-22;1-2/h2-5,10-11,16,19H,6-9,12-15,17H2,1H3;1-2H3. The van der Waals surface area contributed by atoms with Crippen molar-refractivity contribution in [1.29, 1.82) is 0 Å². The van der Waals surface area contributed by atoms with Gasteiger partial charge in [0.25, 0.3) is 0 Å². The van der Waals surface area contributed by atoms with Gasteiger partial charge in [0.05, 0.1) is 6.20 Å². The fraction of sp³-hybridized carbons (Fsp3) is 0.560. The Morgan fingerprint density at radius 1 is 1.03 bits per heavy atom. The van der Waals surface area contributed by atoms with Crippen LogP contribution in [0.1, 0.15) is 52.0 Å². The van der Waals surface area contributed by atoms with Crippen molar-refractivity contribution in [3.05, 3.63) is 48.4 Å². The monoisotopic (exact) mass is 421 g/mol. The number of piperidine rings is 2. The SMILES string of the molecule is CC.CC(=O)N1CC2(CCN(C3CCN(c4cnccn4)CC3)CC2)c2ccccc21. The summed E-state index contributed by atoms with van der Waals surface area (Å²) in [6.45, 7) is 10.9. The van der Waals surface area contributed by atoms with Gasteiger partial charge in [-0.25, -0.2) is 4.98 Å². The van der Waals surface area contributed by atoms with Gasteiger partial charge in [-0.15, -0.1) is 0 Å². The Kier molecular flexibility index (Phi) is 6.56. The number of likely N-dealkylation sites (tertiary alicyclic amines) is 1. The highest BCUT2D eigenvalue weighted by atomic mass is 16.2. The molecule has 2 aromatic rings. The lowest BCUT2D eigenvalue weighted by molar-refractivity contribution is -0.116. The number of hydrogen-bond acceptors (Lipinski definition) is 5. The largest absolute Gasteiger partial charge is 0.355 e. The highest BCUT2D eigenvalue weighted by Gasteiger charge is 2.46. The summed E-state index contributed by atoms with van der Waals surface area (Å²) in [6, 6.07) is 9.18. The molecule has 2 saturated heterocycles. The highest BCUT2D eigenvalue weighted by Crippen LogP contribution is 2.47. The van der Waals surface area contributed by atoms with Gasteiger partial charge in [-0.3, -0.25) is 9.78 Å². The third kappa shape index (κ3) is 4.18. The molecule has 1 aromatic heterocycles. The van der Waals surface area contributed by atoms with Crippen LogP contribution in [0.4, 0.5) is 11.5 Å². The Bertz CT molecular complexity index is 870. The van der Waals surface area contributed by atoms with E-state index < -0.39 is 0 Å². The maximum Gasteiger partial charge on any atom is 0.223 e. The molecular weight excluding hydrogens is 386 g/mol. The molecule has 3 aliphatic rings. The van der Waals surface area contributed by atoms with Crippen molar-refractivity contribution < 1.29 is 4.79 Å². The Morgan fingerprint density at radius 3 is 2.39 bits per heavy atom. The molecule has 0 radical (unpaired) electrons. The normalized spacial score (nSPS) is 20.9. The lowest BCUT2D eigenvalue weighted by Crippen LogP contribution is -2.52. The van der Waals surface area contributed by atoms with Gasteiger partial charge in [0.2, 0.25) is 5.91 Å². The molecule has 6 heteroatoms. The number of fused-ring (bicyclic) bond motifs is 2. The summed E-state index contributed by atoms with van der Waals surface area (Å²) >= 11 is 0. The van der Waals surface area contributed by atoms with Gasteiger partial charge in [-0.05, 0) is 50.4 Å². The summed E-state index contributed by atoms with van der Waals surface area (Å²) in [5, 5.41) is 0. The first kappa shape index (κ1) is 21.8. The second-order valence-electron chi connectivity index (χ2n) is 8.72. The maximum absolute atomic E-state index is 12.2. The van der Waals surface area contributed by atoms with Crippen LogP contribution in [-0.2, 0) is 10.2 Å². The molecule has 4 heterocycles. The molecule has 0 unspecified atom stereocenters. The Hall–Kier alpha value is -2.47. The molecule has 0 atom stereocenters. The van der Waals surface area contributed by atoms with Gasteiger partial charge in [0.1, 0.15) is 5.82 Å². The smallest absolute Gasteiger partial charge is 0.223 e. The highest BCUT2D eigenvalue weighted by molar-refractivity contribution is 5.94. The number of carbonyl (C=O) groups excluding carboxylic acids is 1. The average Bonchev–Trinajstić information content (AvgIpc) is 3.16. The van der Waals surface area contributed by atoms with E-state index in [-0.39, 0.29) is 11.3 Å². The molecule has 31 heavy (non-hydrogen) atoms. The average molecular weight is 422 g/mol. The van der Waals surface area contributed by atoms with Crippen molar-refractivity contribution in [1.82, 2.24) is 14.9 Å². The maximum atomic E-state index is 12.2. The van der Waals surface area contributed by atoms with Crippen LogP contribution >= 0.6 is 0 Å². The second kappa shape index (κ2) is 9.35. The van der Waals surface area contributed by atoms with E-state index in [1.807, 2.05) is 31.0 Å². The molecule has 0 N–H and O–H groups in total. The summed E-state index contributed by atoms with van der Waals surface area (Å²) < 4.78 is 0. The fourth-order valence-corrected chi connectivity index (χ4v) is 5.57. The Labute approximate surface area is 186 Å². The number of nitrogens with zero attached hydrogens (tertiary/aromatic N) is 5. The van der Waals surface area contributed by atoms with Crippen LogP contribution < -0.4 is 9.80 Å². The number of carbonyl (C=O) groups is 1. The quantitative estimate of drug-likeness (QED) is 0.737. The molecule has 0 bridgehead atoms. The number of anilines is 2. The van der Waals surface area contributed by atoms with Crippen molar-refractivity contribution in [2.24, 2.45) is 0 Å². The molecular formula is C25H35N5O. The van der Waals surface area contributed by atoms with E-state index in [4.69, 9.17) is 0 Å². The van der Waals surface area contributed by atoms with Gasteiger partial charge in [-0.1, -0.05) is 32.0 Å². The van der Waals surface area contributed by atoms with E-state index in [9.17, 15) is 4.79 Å². The molecule has 1 aromatic carbocycles. The number of amides is 1. The van der Waals surface area contributed by atoms with Crippen LogP contribution in [0.2, 0.25) is 0 Å². The van der Waals surface area contributed by atoms with E-state index in [2.05, 4.69) is 38.0 Å². The van der Waals surface area contributed by atoms with E-state index >= 15 is 0 Å². The zero-order valence-corrected chi connectivity index (χ0v) is 19.1. The second-order valence-corrected chi connectivity index (χ2v) is 8.72. The summed E-state index contributed by atoms with van der Waals surface area (Å²) in [7, 11) is 0. The van der Waals surface area contributed by atoms with Crippen molar-refractivity contribution in [3.8, 4) is 0 Å². The predicted octanol–water partition coefficient (Wildman–Crippen LogP) is 3.87. The van der Waals surface area contributed by atoms with E-state index in [0.717, 1.165) is 57.1 Å². The minimum Gasteiger partial charge on any atom is -0.355 e. The van der Waals surface area contributed by atoms with Crippen LogP contribution in [0.3, 0.4) is 0 Å². The number of rotatable bonds is 2. The van der Waals surface area contributed by atoms with Gasteiger partial charge >= 0.3 is 0 Å². The van der Waals surface area contributed by atoms with E-state index in [0.29, 0.717) is 6.04 Å². The summed E-state index contributed by atoms with van der Waals surface area (Å²) in [5.41, 5.74) is 2.65. The predicted molar refractivity (Wildman–Crippen MR) is 126 cm³/mol. The molecule has 5 rings (SSSR count). The van der Waals surface area contributed by atoms with Crippen molar-refractivity contribution in [2.45, 2.75) is 57.9 Å². The molecule has 1 amide bonds. The molecule has 0 saturated carbocycles. The summed E-state index contributed by atoms with van der Waals surface area (Å²) in [6.07, 6.45) is 10.0. The van der Waals surface area contributed by atoms with E-state index in [1.165, 1.54) is 18.4 Å². The van der Waals surface area contributed by atoms with Crippen molar-refractivity contribution in [3.63, 3.8) is 0 Å². The topological polar surface area (TPSA) is 52.6 Å². The minimum absolute atomic E-state index is 0.138. The van der Waals surface area contributed by atoms with Crippen LogP contribution in [0, 0.1) is 0 Å². The summed E-state index contributed by atoms with van der Waals surface area (Å²) in [5.74, 6) is 1.16. The van der Waals surface area contributed by atoms with Crippen LogP contribution in [0.15, 0.2) is 42.9 Å². The minimum atomic E-state index is 0.138. The molecule has 3 aliphatic heterocycles. The summed E-state index contributed by atoms with van der Waals surface area (Å²) in [4.78, 5) is 27.9. The third-order valence-corrected chi connectivity index (χ3v) is 7.22.